The third-order valence-electron chi connectivity index (χ3n) is 4.87. The predicted molar refractivity (Wildman–Crippen MR) is 127 cm³/mol. The quantitative estimate of drug-likeness (QED) is 0.214. The molecule has 0 aliphatic rings. The fourth-order valence-electron chi connectivity index (χ4n) is 3.20. The first kappa shape index (κ1) is 21.8. The molecule has 0 atom stereocenters. The summed E-state index contributed by atoms with van der Waals surface area (Å²) in [6.07, 6.45) is 5.66. The number of unbranched alkanes of at least 4 members (excludes halogenated alkanes) is 1. The molecule has 33 heavy (non-hydrogen) atoms. The van der Waals surface area contributed by atoms with E-state index in [1.165, 1.54) is 0 Å². The number of oxazole rings is 1. The van der Waals surface area contributed by atoms with E-state index in [-0.39, 0.29) is 11.6 Å². The Morgan fingerprint density at radius 2 is 1.97 bits per heavy atom. The number of benzene rings is 2. The van der Waals surface area contributed by atoms with Crippen LogP contribution in [0.25, 0.3) is 16.9 Å². The number of rotatable bonds is 9. The van der Waals surface area contributed by atoms with Crippen molar-refractivity contribution < 1.29 is 9.15 Å². The van der Waals surface area contributed by atoms with Gasteiger partial charge in [0, 0.05) is 24.2 Å². The Morgan fingerprint density at radius 3 is 2.70 bits per heavy atom. The second kappa shape index (κ2) is 10.3. The van der Waals surface area contributed by atoms with Gasteiger partial charge in [0.1, 0.15) is 17.5 Å². The molecule has 1 N–H and O–H groups in total. The van der Waals surface area contributed by atoms with Crippen LogP contribution in [0.15, 0.2) is 70.3 Å². The van der Waals surface area contributed by atoms with Gasteiger partial charge in [-0.15, -0.1) is 0 Å². The molecule has 0 radical (unpaired) electrons. The van der Waals surface area contributed by atoms with E-state index in [1.54, 1.807) is 13.1 Å². The molecule has 0 amide bonds. The highest BCUT2D eigenvalue weighted by Gasteiger charge is 2.13. The second-order valence-electron chi connectivity index (χ2n) is 7.33. The van der Waals surface area contributed by atoms with Crippen molar-refractivity contribution in [1.82, 2.24) is 14.8 Å². The standard InChI is InChI=1S/C25H24N6O2/c1-3-4-14-32-22-12-10-19(11-13-22)24-20(17-31(30-24)21-8-6-5-7-9-21)16-27-29-25-23(15-26)28-18(2)33-25/h5-13,16-17,29H,3-4,14H2,1-2H3. The molecule has 2 heterocycles. The third kappa shape index (κ3) is 5.28. The van der Waals surface area contributed by atoms with Gasteiger partial charge in [-0.05, 0) is 42.8 Å². The van der Waals surface area contributed by atoms with Gasteiger partial charge in [0.2, 0.25) is 5.69 Å². The summed E-state index contributed by atoms with van der Waals surface area (Å²) in [5, 5.41) is 18.2. The van der Waals surface area contributed by atoms with Crippen LogP contribution in [-0.2, 0) is 0 Å². The molecule has 4 aromatic rings. The molecule has 2 aromatic carbocycles. The number of aromatic nitrogens is 3. The fraction of sp³-hybridized carbons (Fsp3) is 0.200. The lowest BCUT2D eigenvalue weighted by molar-refractivity contribution is 0.309. The molecular formula is C25H24N6O2. The van der Waals surface area contributed by atoms with Crippen molar-refractivity contribution in [3.05, 3.63) is 77.9 Å². The number of ether oxygens (including phenoxy) is 1. The van der Waals surface area contributed by atoms with Gasteiger partial charge >= 0.3 is 0 Å². The Kier molecular flexibility index (Phi) is 6.81. The van der Waals surface area contributed by atoms with Crippen molar-refractivity contribution in [3.8, 4) is 28.8 Å². The first-order valence-corrected chi connectivity index (χ1v) is 10.7. The van der Waals surface area contributed by atoms with Crippen molar-refractivity contribution in [2.24, 2.45) is 5.10 Å². The summed E-state index contributed by atoms with van der Waals surface area (Å²) in [6, 6.07) is 19.7. The topological polar surface area (TPSA) is 101 Å². The number of hydrazone groups is 1. The van der Waals surface area contributed by atoms with E-state index in [1.807, 2.05) is 71.5 Å². The molecular weight excluding hydrogens is 416 g/mol. The molecule has 0 saturated carbocycles. The smallest absolute Gasteiger partial charge is 0.252 e. The van der Waals surface area contributed by atoms with Gasteiger partial charge in [-0.25, -0.2) is 15.1 Å². The van der Waals surface area contributed by atoms with Crippen LogP contribution >= 0.6 is 0 Å². The van der Waals surface area contributed by atoms with E-state index < -0.39 is 0 Å². The molecule has 8 nitrogen and oxygen atoms in total. The normalized spacial score (nSPS) is 10.9. The number of para-hydroxylation sites is 1. The molecule has 166 valence electrons. The molecule has 2 aromatic heterocycles. The number of anilines is 1. The van der Waals surface area contributed by atoms with Crippen LogP contribution < -0.4 is 10.2 Å². The van der Waals surface area contributed by atoms with E-state index in [0.29, 0.717) is 12.5 Å². The summed E-state index contributed by atoms with van der Waals surface area (Å²) in [7, 11) is 0. The van der Waals surface area contributed by atoms with Crippen LogP contribution in [-0.4, -0.2) is 27.6 Å². The maximum absolute atomic E-state index is 9.17. The zero-order chi connectivity index (χ0) is 23.0. The number of nitrogens with zero attached hydrogens (tertiary/aromatic N) is 5. The lowest BCUT2D eigenvalue weighted by atomic mass is 10.1. The van der Waals surface area contributed by atoms with Crippen LogP contribution in [0.5, 0.6) is 5.75 Å². The molecule has 0 bridgehead atoms. The predicted octanol–water partition coefficient (Wildman–Crippen LogP) is 5.33. The lowest BCUT2D eigenvalue weighted by Gasteiger charge is -2.06. The highest BCUT2D eigenvalue weighted by Crippen LogP contribution is 2.25. The van der Waals surface area contributed by atoms with Crippen molar-refractivity contribution in [2.45, 2.75) is 26.7 Å². The van der Waals surface area contributed by atoms with Crippen molar-refractivity contribution in [2.75, 3.05) is 12.0 Å². The first-order chi connectivity index (χ1) is 16.2. The largest absolute Gasteiger partial charge is 0.494 e. The van der Waals surface area contributed by atoms with Crippen molar-refractivity contribution in [3.63, 3.8) is 0 Å². The van der Waals surface area contributed by atoms with Gasteiger partial charge < -0.3 is 9.15 Å². The van der Waals surface area contributed by atoms with Crippen LogP contribution in [0.2, 0.25) is 0 Å². The van der Waals surface area contributed by atoms with Gasteiger partial charge in [-0.2, -0.15) is 15.5 Å². The average Bonchev–Trinajstić information content (AvgIpc) is 3.43. The summed E-state index contributed by atoms with van der Waals surface area (Å²) in [4.78, 5) is 4.01. The van der Waals surface area contributed by atoms with Gasteiger partial charge in [-0.3, -0.25) is 0 Å². The van der Waals surface area contributed by atoms with Crippen molar-refractivity contribution in [1.29, 1.82) is 5.26 Å². The van der Waals surface area contributed by atoms with E-state index >= 15 is 0 Å². The van der Waals surface area contributed by atoms with Crippen molar-refractivity contribution >= 4 is 12.1 Å². The van der Waals surface area contributed by atoms with E-state index in [2.05, 4.69) is 22.4 Å². The molecule has 0 aliphatic heterocycles. The minimum atomic E-state index is 0.156. The SMILES string of the molecule is CCCCOc1ccc(-c2nn(-c3ccccc3)cc2C=NNc2oc(C)nc2C#N)cc1. The summed E-state index contributed by atoms with van der Waals surface area (Å²) >= 11 is 0. The number of hydrogen-bond donors (Lipinski definition) is 1. The van der Waals surface area contributed by atoms with Crippen LogP contribution in [0.4, 0.5) is 5.88 Å². The summed E-state index contributed by atoms with van der Waals surface area (Å²) < 4.78 is 13.0. The third-order valence-corrected chi connectivity index (χ3v) is 4.87. The Bertz CT molecular complexity index is 1270. The van der Waals surface area contributed by atoms with Gasteiger partial charge in [-0.1, -0.05) is 31.5 Å². The maximum atomic E-state index is 9.17. The van der Waals surface area contributed by atoms with Crippen LogP contribution in [0.1, 0.15) is 36.9 Å². The zero-order valence-electron chi connectivity index (χ0n) is 18.5. The van der Waals surface area contributed by atoms with Gasteiger partial charge in [0.15, 0.2) is 5.89 Å². The molecule has 0 fully saturated rings. The molecule has 0 spiro atoms. The maximum Gasteiger partial charge on any atom is 0.252 e. The Morgan fingerprint density at radius 1 is 1.18 bits per heavy atom. The summed E-state index contributed by atoms with van der Waals surface area (Å²) in [5.41, 5.74) is 6.34. The Balaban J connectivity index is 1.62. The highest BCUT2D eigenvalue weighted by molar-refractivity contribution is 5.89. The lowest BCUT2D eigenvalue weighted by Crippen LogP contribution is -1.96. The fourth-order valence-corrected chi connectivity index (χ4v) is 3.20. The van der Waals surface area contributed by atoms with Crippen LogP contribution in [0.3, 0.4) is 0 Å². The average molecular weight is 441 g/mol. The molecule has 0 saturated heterocycles. The number of nitriles is 1. The second-order valence-corrected chi connectivity index (χ2v) is 7.33. The first-order valence-electron chi connectivity index (χ1n) is 10.7. The Labute approximate surface area is 192 Å². The Hall–Kier alpha value is -4.38. The molecule has 8 heteroatoms. The van der Waals surface area contributed by atoms with Gasteiger partial charge in [0.05, 0.1) is 18.5 Å². The van der Waals surface area contributed by atoms with Gasteiger partial charge in [0.25, 0.3) is 5.88 Å². The summed E-state index contributed by atoms with van der Waals surface area (Å²) in [6.45, 7) is 4.51. The monoisotopic (exact) mass is 440 g/mol. The van der Waals surface area contributed by atoms with E-state index in [9.17, 15) is 5.26 Å². The minimum Gasteiger partial charge on any atom is -0.494 e. The molecule has 4 rings (SSSR count). The molecule has 0 unspecified atom stereocenters. The molecule has 0 aliphatic carbocycles. The number of nitrogens with one attached hydrogen (secondary N) is 1. The minimum absolute atomic E-state index is 0.156. The summed E-state index contributed by atoms with van der Waals surface area (Å²) in [5.74, 6) is 1.43. The van der Waals surface area contributed by atoms with Crippen LogP contribution in [0, 0.1) is 18.3 Å². The van der Waals surface area contributed by atoms with E-state index in [4.69, 9.17) is 14.3 Å². The van der Waals surface area contributed by atoms with E-state index in [0.717, 1.165) is 41.1 Å². The zero-order valence-corrected chi connectivity index (χ0v) is 18.5. The number of hydrogen-bond acceptors (Lipinski definition) is 7. The number of aryl methyl sites for hydroxylation is 1. The highest BCUT2D eigenvalue weighted by atomic mass is 16.5.